The van der Waals surface area contributed by atoms with Crippen LogP contribution in [0.4, 0.5) is 0 Å². The summed E-state index contributed by atoms with van der Waals surface area (Å²) in [5.41, 5.74) is 2.15. The van der Waals surface area contributed by atoms with Gasteiger partial charge in [0.25, 0.3) is 5.91 Å². The highest BCUT2D eigenvalue weighted by molar-refractivity contribution is 6.41. The summed E-state index contributed by atoms with van der Waals surface area (Å²) in [7, 11) is 0. The average Bonchev–Trinajstić information content (AvgIpc) is 2.47. The molecule has 0 fully saturated rings. The van der Waals surface area contributed by atoms with E-state index >= 15 is 0 Å². The molecule has 0 unspecified atom stereocenters. The van der Waals surface area contributed by atoms with Gasteiger partial charge in [-0.15, -0.1) is 0 Å². The van der Waals surface area contributed by atoms with Crippen molar-refractivity contribution in [2.24, 2.45) is 0 Å². The summed E-state index contributed by atoms with van der Waals surface area (Å²) in [5.74, 6) is -0.442. The number of benzene rings is 2. The minimum Gasteiger partial charge on any atom is -0.352 e. The minimum absolute atomic E-state index is 0.156. The molecule has 106 valence electrons. The van der Waals surface area contributed by atoms with Gasteiger partial charge in [-0.05, 0) is 30.2 Å². The Labute approximate surface area is 131 Å². The van der Waals surface area contributed by atoms with Crippen molar-refractivity contribution >= 4 is 34.9 Å². The first-order chi connectivity index (χ1) is 10.1. The van der Waals surface area contributed by atoms with E-state index in [4.69, 9.17) is 23.2 Å². The van der Waals surface area contributed by atoms with Crippen molar-refractivity contribution in [3.8, 4) is 0 Å². The summed E-state index contributed by atoms with van der Waals surface area (Å²) in [6.45, 7) is 0.621. The van der Waals surface area contributed by atoms with E-state index in [-0.39, 0.29) is 17.3 Å². The lowest BCUT2D eigenvalue weighted by Gasteiger charge is -2.17. The highest BCUT2D eigenvalue weighted by Gasteiger charge is 2.21. The number of carbonyl (C=O) groups is 2. The smallest absolute Gasteiger partial charge is 0.251 e. The molecule has 3 nitrogen and oxygen atoms in total. The standard InChI is InChI=1S/C16H11Cl2NO2/c17-12-2-1-3-13(18)14(12)15(20)10-5-4-9-6-7-19-16(21)11(9)8-10/h1-5,8H,6-7H2,(H,19,21). The lowest BCUT2D eigenvalue weighted by Crippen LogP contribution is -2.32. The number of rotatable bonds is 2. The molecule has 0 saturated heterocycles. The normalized spacial score (nSPS) is 13.5. The molecule has 0 radical (unpaired) electrons. The van der Waals surface area contributed by atoms with Crippen molar-refractivity contribution in [3.05, 3.63) is 68.7 Å². The molecule has 1 heterocycles. The van der Waals surface area contributed by atoms with Crippen molar-refractivity contribution in [2.45, 2.75) is 6.42 Å². The molecular weight excluding hydrogens is 309 g/mol. The van der Waals surface area contributed by atoms with Crippen LogP contribution in [0, 0.1) is 0 Å². The summed E-state index contributed by atoms with van der Waals surface area (Å²) in [5, 5.41) is 3.37. The minimum atomic E-state index is -0.285. The van der Waals surface area contributed by atoms with Crippen molar-refractivity contribution in [3.63, 3.8) is 0 Å². The van der Waals surface area contributed by atoms with E-state index in [2.05, 4.69) is 5.32 Å². The molecule has 0 aliphatic carbocycles. The van der Waals surface area contributed by atoms with E-state index in [1.54, 1.807) is 30.3 Å². The molecule has 0 spiro atoms. The van der Waals surface area contributed by atoms with Gasteiger partial charge in [0.15, 0.2) is 5.78 Å². The molecule has 2 aromatic carbocycles. The fraction of sp³-hybridized carbons (Fsp3) is 0.125. The predicted molar refractivity (Wildman–Crippen MR) is 82.4 cm³/mol. The topological polar surface area (TPSA) is 46.2 Å². The van der Waals surface area contributed by atoms with E-state index in [1.807, 2.05) is 6.07 Å². The van der Waals surface area contributed by atoms with Crippen molar-refractivity contribution in [2.75, 3.05) is 6.54 Å². The molecule has 0 aromatic heterocycles. The molecule has 3 rings (SSSR count). The van der Waals surface area contributed by atoms with Crippen molar-refractivity contribution < 1.29 is 9.59 Å². The van der Waals surface area contributed by atoms with Crippen LogP contribution in [0.15, 0.2) is 36.4 Å². The first-order valence-electron chi connectivity index (χ1n) is 6.48. The van der Waals surface area contributed by atoms with Gasteiger partial charge in [-0.25, -0.2) is 0 Å². The lowest BCUT2D eigenvalue weighted by atomic mass is 9.94. The summed E-state index contributed by atoms with van der Waals surface area (Å²) in [4.78, 5) is 24.4. The second kappa shape index (κ2) is 5.51. The first-order valence-corrected chi connectivity index (χ1v) is 7.23. The van der Waals surface area contributed by atoms with E-state index < -0.39 is 0 Å². The number of halogens is 2. The van der Waals surface area contributed by atoms with Gasteiger partial charge < -0.3 is 5.32 Å². The third-order valence-electron chi connectivity index (χ3n) is 3.49. The quantitative estimate of drug-likeness (QED) is 0.861. The molecule has 2 aromatic rings. The van der Waals surface area contributed by atoms with Crippen LogP contribution in [-0.2, 0) is 6.42 Å². The third kappa shape index (κ3) is 2.55. The largest absolute Gasteiger partial charge is 0.352 e. The van der Waals surface area contributed by atoms with Crippen molar-refractivity contribution in [1.29, 1.82) is 0 Å². The van der Waals surface area contributed by atoms with Crippen LogP contribution < -0.4 is 5.32 Å². The highest BCUT2D eigenvalue weighted by atomic mass is 35.5. The number of amides is 1. The van der Waals surface area contributed by atoms with Crippen molar-refractivity contribution in [1.82, 2.24) is 5.32 Å². The third-order valence-corrected chi connectivity index (χ3v) is 4.12. The highest BCUT2D eigenvalue weighted by Crippen LogP contribution is 2.28. The maximum absolute atomic E-state index is 12.6. The van der Waals surface area contributed by atoms with Crippen LogP contribution >= 0.6 is 23.2 Å². The Morgan fingerprint density at radius 1 is 1.10 bits per heavy atom. The van der Waals surface area contributed by atoms with Gasteiger partial charge in [-0.3, -0.25) is 9.59 Å². The van der Waals surface area contributed by atoms with Crippen LogP contribution in [0.2, 0.25) is 10.0 Å². The number of carbonyl (C=O) groups excluding carboxylic acids is 2. The Kier molecular flexibility index (Phi) is 3.70. The number of hydrogen-bond acceptors (Lipinski definition) is 2. The fourth-order valence-electron chi connectivity index (χ4n) is 2.41. The van der Waals surface area contributed by atoms with Crippen LogP contribution in [-0.4, -0.2) is 18.2 Å². The molecule has 5 heteroatoms. The number of fused-ring (bicyclic) bond motifs is 1. The Morgan fingerprint density at radius 3 is 2.52 bits per heavy atom. The molecule has 0 bridgehead atoms. The summed E-state index contributed by atoms with van der Waals surface area (Å²) in [6, 6.07) is 10.0. The molecule has 1 N–H and O–H groups in total. The van der Waals surface area contributed by atoms with E-state index in [1.165, 1.54) is 0 Å². The Hall–Kier alpha value is -1.84. The first kappa shape index (κ1) is 14.1. The SMILES string of the molecule is O=C1NCCc2ccc(C(=O)c3c(Cl)cccc3Cl)cc21. The second-order valence-electron chi connectivity index (χ2n) is 4.80. The molecule has 21 heavy (non-hydrogen) atoms. The van der Waals surface area contributed by atoms with Gasteiger partial charge in [-0.1, -0.05) is 41.4 Å². The predicted octanol–water partition coefficient (Wildman–Crippen LogP) is 3.51. The summed E-state index contributed by atoms with van der Waals surface area (Å²) >= 11 is 12.1. The zero-order valence-corrected chi connectivity index (χ0v) is 12.5. The summed E-state index contributed by atoms with van der Waals surface area (Å²) in [6.07, 6.45) is 0.766. The zero-order chi connectivity index (χ0) is 15.0. The zero-order valence-electron chi connectivity index (χ0n) is 11.0. The van der Waals surface area contributed by atoms with Crippen LogP contribution in [0.25, 0.3) is 0 Å². The van der Waals surface area contributed by atoms with Gasteiger partial charge in [0.2, 0.25) is 0 Å². The number of nitrogens with one attached hydrogen (secondary N) is 1. The Morgan fingerprint density at radius 2 is 1.81 bits per heavy atom. The summed E-state index contributed by atoms with van der Waals surface area (Å²) < 4.78 is 0. The van der Waals surface area contributed by atoms with E-state index in [0.717, 1.165) is 12.0 Å². The monoisotopic (exact) mass is 319 g/mol. The van der Waals surface area contributed by atoms with E-state index in [0.29, 0.717) is 27.7 Å². The van der Waals surface area contributed by atoms with Gasteiger partial charge in [-0.2, -0.15) is 0 Å². The van der Waals surface area contributed by atoms with Crippen LogP contribution in [0.3, 0.4) is 0 Å². The molecule has 0 atom stereocenters. The van der Waals surface area contributed by atoms with Gasteiger partial charge in [0.05, 0.1) is 15.6 Å². The van der Waals surface area contributed by atoms with Crippen LogP contribution in [0.1, 0.15) is 31.8 Å². The molecule has 1 aliphatic heterocycles. The number of ketones is 1. The average molecular weight is 320 g/mol. The lowest BCUT2D eigenvalue weighted by molar-refractivity contribution is 0.0946. The van der Waals surface area contributed by atoms with Gasteiger partial charge in [0, 0.05) is 17.7 Å². The van der Waals surface area contributed by atoms with Gasteiger partial charge in [0.1, 0.15) is 0 Å². The van der Waals surface area contributed by atoms with Gasteiger partial charge >= 0.3 is 0 Å². The van der Waals surface area contributed by atoms with Crippen LogP contribution in [0.5, 0.6) is 0 Å². The maximum Gasteiger partial charge on any atom is 0.251 e. The number of hydrogen-bond donors (Lipinski definition) is 1. The molecule has 0 saturated carbocycles. The fourth-order valence-corrected chi connectivity index (χ4v) is 2.98. The molecule has 1 aliphatic rings. The Bertz CT molecular complexity index is 736. The molecule has 1 amide bonds. The maximum atomic E-state index is 12.6. The molecular formula is C16H11Cl2NO2. The second-order valence-corrected chi connectivity index (χ2v) is 5.62. The van der Waals surface area contributed by atoms with E-state index in [9.17, 15) is 9.59 Å². The Balaban J connectivity index is 2.07.